The molecule has 0 spiro atoms. The molecule has 0 aliphatic rings. The Labute approximate surface area is 224 Å². The van der Waals surface area contributed by atoms with E-state index < -0.39 is 0 Å². The fraction of sp³-hybridized carbons (Fsp3) is 0.185. The summed E-state index contributed by atoms with van der Waals surface area (Å²) in [5, 5.41) is 10.8. The number of halogens is 2. The second kappa shape index (κ2) is 10.9. The third-order valence-corrected chi connectivity index (χ3v) is 7.07. The number of hydrogen-bond acceptors (Lipinski definition) is 5. The molecule has 0 saturated carbocycles. The van der Waals surface area contributed by atoms with Crippen LogP contribution in [0.5, 0.6) is 11.5 Å². The first kappa shape index (κ1) is 24.7. The molecule has 0 bridgehead atoms. The number of furan rings is 1. The highest BCUT2D eigenvalue weighted by atomic mass is 127. The van der Waals surface area contributed by atoms with Crippen LogP contribution in [0.15, 0.2) is 65.1 Å². The molecule has 1 N–H and O–H groups in total. The third-order valence-electron chi connectivity index (χ3n) is 5.42. The molecule has 7 heteroatoms. The molecule has 0 aliphatic heterocycles. The van der Waals surface area contributed by atoms with Crippen LogP contribution in [0.4, 0.5) is 0 Å². The van der Waals surface area contributed by atoms with Gasteiger partial charge in [-0.3, -0.25) is 9.59 Å². The molecule has 1 heterocycles. The van der Waals surface area contributed by atoms with Gasteiger partial charge >= 0.3 is 5.97 Å². The molecule has 174 valence electrons. The van der Waals surface area contributed by atoms with Crippen molar-refractivity contribution in [2.24, 2.45) is 0 Å². The van der Waals surface area contributed by atoms with Gasteiger partial charge in [-0.2, -0.15) is 0 Å². The fourth-order valence-corrected chi connectivity index (χ4v) is 5.49. The van der Waals surface area contributed by atoms with Crippen molar-refractivity contribution in [3.63, 3.8) is 0 Å². The van der Waals surface area contributed by atoms with Gasteiger partial charge in [0.15, 0.2) is 5.78 Å². The van der Waals surface area contributed by atoms with Crippen LogP contribution in [-0.4, -0.2) is 16.9 Å². The van der Waals surface area contributed by atoms with Crippen molar-refractivity contribution in [3.8, 4) is 11.5 Å². The lowest BCUT2D eigenvalue weighted by Crippen LogP contribution is -2.11. The van der Waals surface area contributed by atoms with E-state index in [-0.39, 0.29) is 23.9 Å². The second-order valence-electron chi connectivity index (χ2n) is 7.92. The van der Waals surface area contributed by atoms with E-state index in [0.717, 1.165) is 18.4 Å². The number of benzene rings is 3. The Hall–Kier alpha value is -2.40. The smallest absolute Gasteiger partial charge is 0.315 e. The van der Waals surface area contributed by atoms with Crippen LogP contribution in [0.1, 0.15) is 47.0 Å². The average molecular weight is 680 g/mol. The molecule has 0 fully saturated rings. The van der Waals surface area contributed by atoms with Crippen LogP contribution < -0.4 is 4.74 Å². The lowest BCUT2D eigenvalue weighted by molar-refractivity contribution is -0.133. The summed E-state index contributed by atoms with van der Waals surface area (Å²) >= 11 is 4.04. The molecule has 0 aliphatic carbocycles. The van der Waals surface area contributed by atoms with E-state index in [9.17, 15) is 14.7 Å². The number of phenols is 1. The predicted octanol–water partition coefficient (Wildman–Crippen LogP) is 7.07. The van der Waals surface area contributed by atoms with Gasteiger partial charge in [0.1, 0.15) is 22.8 Å². The number of fused-ring (bicyclic) bond motifs is 1. The summed E-state index contributed by atoms with van der Waals surface area (Å²) in [5.74, 6) is 0.634. The highest BCUT2D eigenvalue weighted by Crippen LogP contribution is 2.34. The van der Waals surface area contributed by atoms with E-state index in [4.69, 9.17) is 9.15 Å². The fourth-order valence-electron chi connectivity index (χ4n) is 3.72. The molecule has 5 nitrogen and oxygen atoms in total. The minimum atomic E-state index is -0.368. The molecule has 4 rings (SSSR count). The minimum absolute atomic E-state index is 0.158. The number of aryl methyl sites for hydroxylation is 1. The molecule has 3 aromatic carbocycles. The predicted molar refractivity (Wildman–Crippen MR) is 148 cm³/mol. The summed E-state index contributed by atoms with van der Waals surface area (Å²) in [6.07, 6.45) is 2.63. The lowest BCUT2D eigenvalue weighted by atomic mass is 9.98. The normalized spacial score (nSPS) is 11.0. The Morgan fingerprint density at radius 2 is 1.71 bits per heavy atom. The van der Waals surface area contributed by atoms with E-state index in [1.807, 2.05) is 75.5 Å². The van der Waals surface area contributed by atoms with Crippen LogP contribution in [0.3, 0.4) is 0 Å². The number of carbonyl (C=O) groups is 2. The largest absolute Gasteiger partial charge is 0.506 e. The zero-order valence-corrected chi connectivity index (χ0v) is 22.8. The summed E-state index contributed by atoms with van der Waals surface area (Å²) in [7, 11) is 0. The maximum absolute atomic E-state index is 13.6. The molecule has 0 atom stereocenters. The number of phenolic OH excluding ortho intramolecular Hbond substituents is 1. The molecule has 0 amide bonds. The summed E-state index contributed by atoms with van der Waals surface area (Å²) in [6.45, 7) is 2.08. The lowest BCUT2D eigenvalue weighted by Gasteiger charge is -2.07. The summed E-state index contributed by atoms with van der Waals surface area (Å²) < 4.78 is 12.9. The molecule has 4 aromatic rings. The second-order valence-corrected chi connectivity index (χ2v) is 10.2. The van der Waals surface area contributed by atoms with Crippen molar-refractivity contribution in [1.82, 2.24) is 0 Å². The van der Waals surface area contributed by atoms with Crippen LogP contribution in [0.2, 0.25) is 0 Å². The monoisotopic (exact) mass is 680 g/mol. The minimum Gasteiger partial charge on any atom is -0.506 e. The molecular weight excluding hydrogens is 658 g/mol. The van der Waals surface area contributed by atoms with Gasteiger partial charge < -0.3 is 14.3 Å². The van der Waals surface area contributed by atoms with Crippen LogP contribution in [0, 0.1) is 7.14 Å². The van der Waals surface area contributed by atoms with Crippen LogP contribution in [0.25, 0.3) is 11.0 Å². The highest BCUT2D eigenvalue weighted by molar-refractivity contribution is 14.1. The Balaban J connectivity index is 1.67. The molecule has 1 aromatic heterocycles. The Bertz CT molecular complexity index is 1340. The third kappa shape index (κ3) is 5.46. The van der Waals surface area contributed by atoms with Crippen molar-refractivity contribution in [1.29, 1.82) is 0 Å². The number of rotatable bonds is 8. The summed E-state index contributed by atoms with van der Waals surface area (Å²) in [5.41, 5.74) is 2.38. The standard InChI is InChI=1S/C27H22I2O5/c1-2-3-9-22-25(26(31)17-13-20(28)27(32)21(29)14-17)19-11-10-18(15-23(19)34-22)33-24(30)12-16-7-5-4-6-8-16/h4-8,10-11,13-15,32H,2-3,9,12H2,1H3. The maximum atomic E-state index is 13.6. The van der Waals surface area contributed by atoms with Gasteiger partial charge in [-0.1, -0.05) is 43.7 Å². The van der Waals surface area contributed by atoms with E-state index in [1.165, 1.54) is 0 Å². The van der Waals surface area contributed by atoms with Crippen molar-refractivity contribution in [3.05, 3.63) is 90.3 Å². The SMILES string of the molecule is CCCCc1oc2cc(OC(=O)Cc3ccccc3)ccc2c1C(=O)c1cc(I)c(O)c(I)c1. The topological polar surface area (TPSA) is 76.7 Å². The number of ether oxygens (including phenoxy) is 1. The molecule has 34 heavy (non-hydrogen) atoms. The van der Waals surface area contributed by atoms with Crippen molar-refractivity contribution < 1.29 is 23.8 Å². The van der Waals surface area contributed by atoms with Crippen molar-refractivity contribution in [2.45, 2.75) is 32.6 Å². The number of hydrogen-bond donors (Lipinski definition) is 1. The van der Waals surface area contributed by atoms with Gasteiger partial charge in [-0.05, 0) is 81.4 Å². The zero-order valence-electron chi connectivity index (χ0n) is 18.4. The number of esters is 1. The van der Waals surface area contributed by atoms with E-state index >= 15 is 0 Å². The Kier molecular flexibility index (Phi) is 7.92. The van der Waals surface area contributed by atoms with E-state index in [2.05, 4.69) is 6.92 Å². The molecule has 0 radical (unpaired) electrons. The van der Waals surface area contributed by atoms with E-state index in [1.54, 1.807) is 30.3 Å². The number of ketones is 1. The van der Waals surface area contributed by atoms with Crippen molar-refractivity contribution in [2.75, 3.05) is 0 Å². The first-order valence-corrected chi connectivity index (χ1v) is 13.1. The number of unbranched alkanes of at least 4 members (excludes halogenated alkanes) is 1. The van der Waals surface area contributed by atoms with Gasteiger partial charge in [-0.25, -0.2) is 0 Å². The summed E-state index contributed by atoms with van der Waals surface area (Å²) in [6, 6.07) is 17.9. The van der Waals surface area contributed by atoms with Gasteiger partial charge in [0, 0.05) is 23.4 Å². The maximum Gasteiger partial charge on any atom is 0.315 e. The van der Waals surface area contributed by atoms with Gasteiger partial charge in [0.25, 0.3) is 0 Å². The Morgan fingerprint density at radius 1 is 1.00 bits per heavy atom. The van der Waals surface area contributed by atoms with Gasteiger partial charge in [0.2, 0.25) is 0 Å². The first-order chi connectivity index (χ1) is 16.4. The van der Waals surface area contributed by atoms with Crippen molar-refractivity contribution >= 4 is 67.9 Å². The first-order valence-electron chi connectivity index (χ1n) is 10.9. The highest BCUT2D eigenvalue weighted by Gasteiger charge is 2.24. The molecule has 0 unspecified atom stereocenters. The van der Waals surface area contributed by atoms with Gasteiger partial charge in [-0.15, -0.1) is 0 Å². The molecule has 0 saturated heterocycles. The van der Waals surface area contributed by atoms with E-state index in [0.29, 0.717) is 47.2 Å². The van der Waals surface area contributed by atoms with Gasteiger partial charge in [0.05, 0.1) is 19.1 Å². The van der Waals surface area contributed by atoms with Crippen LogP contribution >= 0.6 is 45.2 Å². The summed E-state index contributed by atoms with van der Waals surface area (Å²) in [4.78, 5) is 25.9. The Morgan fingerprint density at radius 3 is 2.38 bits per heavy atom. The number of aromatic hydroxyl groups is 1. The quantitative estimate of drug-likeness (QED) is 0.0934. The van der Waals surface area contributed by atoms with Crippen LogP contribution in [-0.2, 0) is 17.6 Å². The average Bonchev–Trinajstić information content (AvgIpc) is 3.18. The zero-order chi connectivity index (χ0) is 24.2. The molecular formula is C27H22I2O5. The number of carbonyl (C=O) groups excluding carboxylic acids is 2.